The molecule has 0 radical (unpaired) electrons. The molecule has 5 nitrogen and oxygen atoms in total. The van der Waals surface area contributed by atoms with E-state index < -0.39 is 12.1 Å². The smallest absolute Gasteiger partial charge is 0.346 e. The van der Waals surface area contributed by atoms with E-state index in [1.165, 1.54) is 7.11 Å². The molecule has 1 aromatic heterocycles. The standard InChI is InChI=1S/C33H30N2O3/c1-4-29-31(24-14-7-5-8-15-24)32(25-16-9-6-10-17-25)34-35(29)30-21-12-11-20-28(30)26-18-13-19-27(22-26)38-23(2)33(36)37-3/h5-23H,4H2,1-3H3. The highest BCUT2D eigenvalue weighted by Gasteiger charge is 2.22. The van der Waals surface area contributed by atoms with E-state index in [0.29, 0.717) is 5.75 Å². The lowest BCUT2D eigenvalue weighted by Crippen LogP contribution is -2.24. The van der Waals surface area contributed by atoms with Gasteiger partial charge in [0.1, 0.15) is 11.4 Å². The van der Waals surface area contributed by atoms with Crippen LogP contribution in [0.5, 0.6) is 5.75 Å². The van der Waals surface area contributed by atoms with Crippen LogP contribution >= 0.6 is 0 Å². The van der Waals surface area contributed by atoms with Gasteiger partial charge in [-0.3, -0.25) is 0 Å². The van der Waals surface area contributed by atoms with Gasteiger partial charge in [-0.2, -0.15) is 5.10 Å². The molecule has 1 unspecified atom stereocenters. The summed E-state index contributed by atoms with van der Waals surface area (Å²) in [7, 11) is 1.36. The minimum Gasteiger partial charge on any atom is -0.479 e. The predicted molar refractivity (Wildman–Crippen MR) is 151 cm³/mol. The summed E-state index contributed by atoms with van der Waals surface area (Å²) in [6.07, 6.45) is 0.100. The number of esters is 1. The van der Waals surface area contributed by atoms with Crippen LogP contribution in [0.1, 0.15) is 19.5 Å². The molecule has 5 rings (SSSR count). The van der Waals surface area contributed by atoms with Crippen LogP contribution in [0.15, 0.2) is 109 Å². The molecule has 0 bridgehead atoms. The molecule has 5 heteroatoms. The molecule has 0 N–H and O–H groups in total. The zero-order chi connectivity index (χ0) is 26.5. The van der Waals surface area contributed by atoms with Crippen LogP contribution in [-0.2, 0) is 16.0 Å². The lowest BCUT2D eigenvalue weighted by atomic mass is 9.97. The number of carbonyl (C=O) groups excluding carboxylic acids is 1. The van der Waals surface area contributed by atoms with Crippen molar-refractivity contribution in [2.75, 3.05) is 7.11 Å². The fourth-order valence-corrected chi connectivity index (χ4v) is 4.74. The van der Waals surface area contributed by atoms with Crippen LogP contribution in [0.3, 0.4) is 0 Å². The Kier molecular flexibility index (Phi) is 7.36. The van der Waals surface area contributed by atoms with Crippen molar-refractivity contribution in [1.29, 1.82) is 0 Å². The number of nitrogens with zero attached hydrogens (tertiary/aromatic N) is 2. The molecule has 0 saturated carbocycles. The topological polar surface area (TPSA) is 53.4 Å². The van der Waals surface area contributed by atoms with Crippen molar-refractivity contribution in [2.45, 2.75) is 26.4 Å². The van der Waals surface area contributed by atoms with Crippen molar-refractivity contribution >= 4 is 5.97 Å². The Labute approximate surface area is 223 Å². The Balaban J connectivity index is 1.67. The molecule has 190 valence electrons. The maximum Gasteiger partial charge on any atom is 0.346 e. The number of methoxy groups -OCH3 is 1. The Morgan fingerprint density at radius 2 is 1.45 bits per heavy atom. The first-order valence-electron chi connectivity index (χ1n) is 12.8. The Bertz CT molecular complexity index is 1540. The SMILES string of the molecule is CCc1c(-c2ccccc2)c(-c2ccccc2)nn1-c1ccccc1-c1cccc(OC(C)C(=O)OC)c1. The summed E-state index contributed by atoms with van der Waals surface area (Å²) in [5, 5.41) is 5.21. The van der Waals surface area contributed by atoms with Gasteiger partial charge in [0.15, 0.2) is 6.10 Å². The number of ether oxygens (including phenoxy) is 2. The van der Waals surface area contributed by atoms with E-state index in [1.807, 2.05) is 60.7 Å². The second-order valence-electron chi connectivity index (χ2n) is 9.00. The number of aromatic nitrogens is 2. The number of hydrogen-bond acceptors (Lipinski definition) is 4. The molecule has 0 saturated heterocycles. The summed E-state index contributed by atoms with van der Waals surface area (Å²) in [5.41, 5.74) is 8.39. The van der Waals surface area contributed by atoms with Gasteiger partial charge in [-0.25, -0.2) is 9.48 Å². The van der Waals surface area contributed by atoms with Gasteiger partial charge in [0.2, 0.25) is 0 Å². The second kappa shape index (κ2) is 11.2. The van der Waals surface area contributed by atoms with Gasteiger partial charge in [0.05, 0.1) is 18.5 Å². The molecular weight excluding hydrogens is 472 g/mol. The normalized spacial score (nSPS) is 11.7. The fourth-order valence-electron chi connectivity index (χ4n) is 4.74. The summed E-state index contributed by atoms with van der Waals surface area (Å²) in [6.45, 7) is 3.85. The zero-order valence-electron chi connectivity index (χ0n) is 21.8. The van der Waals surface area contributed by atoms with Crippen LogP contribution in [0.2, 0.25) is 0 Å². The van der Waals surface area contributed by atoms with E-state index in [0.717, 1.165) is 51.3 Å². The number of carbonyl (C=O) groups is 1. The van der Waals surface area contributed by atoms with Gasteiger partial charge in [0, 0.05) is 16.7 Å². The number of benzene rings is 4. The van der Waals surface area contributed by atoms with Gasteiger partial charge < -0.3 is 9.47 Å². The first-order valence-corrected chi connectivity index (χ1v) is 12.8. The maximum atomic E-state index is 11.9. The largest absolute Gasteiger partial charge is 0.479 e. The van der Waals surface area contributed by atoms with E-state index in [-0.39, 0.29) is 0 Å². The van der Waals surface area contributed by atoms with Crippen molar-refractivity contribution in [2.24, 2.45) is 0 Å². The Morgan fingerprint density at radius 1 is 0.816 bits per heavy atom. The molecule has 0 fully saturated rings. The Morgan fingerprint density at radius 3 is 2.13 bits per heavy atom. The van der Waals surface area contributed by atoms with Crippen molar-refractivity contribution in [3.05, 3.63) is 115 Å². The first kappa shape index (κ1) is 25.0. The van der Waals surface area contributed by atoms with Crippen LogP contribution in [0.4, 0.5) is 0 Å². The molecule has 0 aliphatic heterocycles. The summed E-state index contributed by atoms with van der Waals surface area (Å²) in [6, 6.07) is 36.8. The number of hydrogen-bond donors (Lipinski definition) is 0. The maximum absolute atomic E-state index is 11.9. The molecule has 4 aromatic carbocycles. The van der Waals surface area contributed by atoms with Gasteiger partial charge in [-0.15, -0.1) is 0 Å². The molecule has 0 spiro atoms. The molecule has 5 aromatic rings. The molecule has 0 amide bonds. The van der Waals surface area contributed by atoms with Crippen molar-refractivity contribution in [3.8, 4) is 44.9 Å². The lowest BCUT2D eigenvalue weighted by molar-refractivity contribution is -0.147. The molecule has 0 aliphatic rings. The summed E-state index contributed by atoms with van der Waals surface area (Å²) < 4.78 is 12.7. The zero-order valence-corrected chi connectivity index (χ0v) is 21.8. The van der Waals surface area contributed by atoms with E-state index in [1.54, 1.807) is 6.92 Å². The molecule has 1 atom stereocenters. The van der Waals surface area contributed by atoms with E-state index >= 15 is 0 Å². The average molecular weight is 503 g/mol. The van der Waals surface area contributed by atoms with Gasteiger partial charge in [0.25, 0.3) is 0 Å². The highest BCUT2D eigenvalue weighted by atomic mass is 16.6. The molecule has 38 heavy (non-hydrogen) atoms. The van der Waals surface area contributed by atoms with Crippen LogP contribution in [-0.4, -0.2) is 29.0 Å². The lowest BCUT2D eigenvalue weighted by Gasteiger charge is -2.16. The average Bonchev–Trinajstić information content (AvgIpc) is 3.37. The molecule has 1 heterocycles. The fraction of sp³-hybridized carbons (Fsp3) is 0.152. The highest BCUT2D eigenvalue weighted by molar-refractivity contribution is 5.84. The number of rotatable bonds is 8. The van der Waals surface area contributed by atoms with Gasteiger partial charge >= 0.3 is 5.97 Å². The third-order valence-corrected chi connectivity index (χ3v) is 6.55. The number of para-hydroxylation sites is 1. The van der Waals surface area contributed by atoms with Crippen LogP contribution in [0.25, 0.3) is 39.2 Å². The molecule has 0 aliphatic carbocycles. The van der Waals surface area contributed by atoms with Crippen molar-refractivity contribution < 1.29 is 14.3 Å². The first-order chi connectivity index (χ1) is 18.6. The van der Waals surface area contributed by atoms with E-state index in [9.17, 15) is 4.79 Å². The second-order valence-corrected chi connectivity index (χ2v) is 9.00. The molecular formula is C33H30N2O3. The van der Waals surface area contributed by atoms with Gasteiger partial charge in [-0.05, 0) is 42.7 Å². The van der Waals surface area contributed by atoms with Crippen molar-refractivity contribution in [1.82, 2.24) is 9.78 Å². The minimum atomic E-state index is -0.704. The monoisotopic (exact) mass is 502 g/mol. The highest BCUT2D eigenvalue weighted by Crippen LogP contribution is 2.38. The summed E-state index contributed by atoms with van der Waals surface area (Å²) >= 11 is 0. The van der Waals surface area contributed by atoms with E-state index in [4.69, 9.17) is 14.6 Å². The summed E-state index contributed by atoms with van der Waals surface area (Å²) in [5.74, 6) is 0.183. The third-order valence-electron chi connectivity index (χ3n) is 6.55. The van der Waals surface area contributed by atoms with Crippen LogP contribution in [0, 0.1) is 0 Å². The quantitative estimate of drug-likeness (QED) is 0.208. The van der Waals surface area contributed by atoms with E-state index in [2.05, 4.69) is 60.1 Å². The van der Waals surface area contributed by atoms with Crippen LogP contribution < -0.4 is 4.74 Å². The minimum absolute atomic E-state index is 0.415. The van der Waals surface area contributed by atoms with Crippen molar-refractivity contribution in [3.63, 3.8) is 0 Å². The summed E-state index contributed by atoms with van der Waals surface area (Å²) in [4.78, 5) is 11.9. The Hall–Kier alpha value is -4.64. The third kappa shape index (κ3) is 4.96. The predicted octanol–water partition coefficient (Wildman–Crippen LogP) is 7.38. The van der Waals surface area contributed by atoms with Gasteiger partial charge in [-0.1, -0.05) is 97.9 Å².